The van der Waals surface area contributed by atoms with Crippen molar-refractivity contribution in [1.29, 1.82) is 0 Å². The molecular formula is C14H17ClN4. The van der Waals surface area contributed by atoms with Gasteiger partial charge < -0.3 is 5.32 Å². The molecule has 1 aromatic heterocycles. The second-order valence-corrected chi connectivity index (χ2v) is 5.48. The second-order valence-electron chi connectivity index (χ2n) is 5.04. The lowest BCUT2D eigenvalue weighted by molar-refractivity contribution is 0.286. The average molecular weight is 277 g/mol. The summed E-state index contributed by atoms with van der Waals surface area (Å²) in [6.45, 7) is 1.81. The summed E-state index contributed by atoms with van der Waals surface area (Å²) in [6.07, 6.45) is 5.98. The lowest BCUT2D eigenvalue weighted by Gasteiger charge is -2.36. The first-order valence-electron chi connectivity index (χ1n) is 6.64. The Kier molecular flexibility index (Phi) is 3.80. The molecule has 0 radical (unpaired) electrons. The van der Waals surface area contributed by atoms with Crippen LogP contribution < -0.4 is 5.32 Å². The zero-order chi connectivity index (χ0) is 13.1. The summed E-state index contributed by atoms with van der Waals surface area (Å²) in [5.74, 6) is 0.655. The Morgan fingerprint density at radius 1 is 1.37 bits per heavy atom. The third kappa shape index (κ3) is 3.14. The van der Waals surface area contributed by atoms with Gasteiger partial charge in [-0.15, -0.1) is 5.10 Å². The molecular weight excluding hydrogens is 260 g/mol. The molecule has 19 heavy (non-hydrogen) atoms. The van der Waals surface area contributed by atoms with Gasteiger partial charge in [0, 0.05) is 23.8 Å². The third-order valence-corrected chi connectivity index (χ3v) is 3.94. The maximum Gasteiger partial charge on any atom is 0.0692 e. The summed E-state index contributed by atoms with van der Waals surface area (Å²) in [5, 5.41) is 12.1. The van der Waals surface area contributed by atoms with Crippen LogP contribution in [-0.2, 0) is 6.54 Å². The summed E-state index contributed by atoms with van der Waals surface area (Å²) < 4.78 is 1.85. The monoisotopic (exact) mass is 276 g/mol. The zero-order valence-corrected chi connectivity index (χ0v) is 11.4. The highest BCUT2D eigenvalue weighted by Gasteiger charge is 2.29. The smallest absolute Gasteiger partial charge is 0.0692 e. The lowest BCUT2D eigenvalue weighted by Crippen LogP contribution is -2.41. The molecule has 1 saturated carbocycles. The molecule has 0 bridgehead atoms. The summed E-state index contributed by atoms with van der Waals surface area (Å²) in [6, 6.07) is 8.83. The van der Waals surface area contributed by atoms with Crippen LogP contribution in [0, 0.1) is 0 Å². The van der Waals surface area contributed by atoms with Crippen LogP contribution in [0.3, 0.4) is 0 Å². The number of aromatic nitrogens is 3. The van der Waals surface area contributed by atoms with Crippen molar-refractivity contribution in [2.75, 3.05) is 6.54 Å². The van der Waals surface area contributed by atoms with Gasteiger partial charge in [0.25, 0.3) is 0 Å². The van der Waals surface area contributed by atoms with E-state index in [4.69, 9.17) is 11.6 Å². The molecule has 1 N–H and O–H groups in total. The minimum atomic E-state index is 0.618. The van der Waals surface area contributed by atoms with Crippen molar-refractivity contribution < 1.29 is 0 Å². The van der Waals surface area contributed by atoms with E-state index in [1.165, 1.54) is 18.4 Å². The highest BCUT2D eigenvalue weighted by molar-refractivity contribution is 6.30. The molecule has 100 valence electrons. The van der Waals surface area contributed by atoms with Gasteiger partial charge in [-0.3, -0.25) is 4.68 Å². The fourth-order valence-corrected chi connectivity index (χ4v) is 2.75. The van der Waals surface area contributed by atoms with Gasteiger partial charge in [0.05, 0.1) is 12.7 Å². The van der Waals surface area contributed by atoms with Crippen molar-refractivity contribution in [3.63, 3.8) is 0 Å². The van der Waals surface area contributed by atoms with Gasteiger partial charge >= 0.3 is 0 Å². The van der Waals surface area contributed by atoms with E-state index in [0.29, 0.717) is 12.0 Å². The van der Waals surface area contributed by atoms with Crippen molar-refractivity contribution in [3.8, 4) is 0 Å². The Morgan fingerprint density at radius 2 is 2.26 bits per heavy atom. The van der Waals surface area contributed by atoms with E-state index in [1.54, 1.807) is 6.20 Å². The van der Waals surface area contributed by atoms with Crippen LogP contribution in [0.25, 0.3) is 0 Å². The Balaban J connectivity index is 1.41. The highest BCUT2D eigenvalue weighted by atomic mass is 35.5. The first kappa shape index (κ1) is 12.6. The van der Waals surface area contributed by atoms with Gasteiger partial charge in [-0.05, 0) is 36.5 Å². The maximum atomic E-state index is 6.02. The van der Waals surface area contributed by atoms with E-state index in [1.807, 2.05) is 23.0 Å². The SMILES string of the molecule is Clc1cccc(C2CC(NCCn3ccnn3)C2)c1. The Bertz CT molecular complexity index is 520. The molecule has 0 unspecified atom stereocenters. The Labute approximate surface area is 117 Å². The topological polar surface area (TPSA) is 42.7 Å². The van der Waals surface area contributed by atoms with Gasteiger partial charge in [0.15, 0.2) is 0 Å². The molecule has 0 aliphatic heterocycles. The molecule has 4 nitrogen and oxygen atoms in total. The largest absolute Gasteiger partial charge is 0.312 e. The molecule has 1 fully saturated rings. The summed E-state index contributed by atoms with van der Waals surface area (Å²) in [5.41, 5.74) is 1.36. The predicted molar refractivity (Wildman–Crippen MR) is 75.2 cm³/mol. The molecule has 1 aliphatic rings. The van der Waals surface area contributed by atoms with E-state index in [9.17, 15) is 0 Å². The van der Waals surface area contributed by atoms with Crippen molar-refractivity contribution in [2.45, 2.75) is 31.3 Å². The minimum Gasteiger partial charge on any atom is -0.312 e. The van der Waals surface area contributed by atoms with Crippen LogP contribution in [0.5, 0.6) is 0 Å². The Morgan fingerprint density at radius 3 is 3.00 bits per heavy atom. The maximum absolute atomic E-state index is 6.02. The first-order chi connectivity index (χ1) is 9.31. The van der Waals surface area contributed by atoms with Crippen LogP contribution in [0.1, 0.15) is 24.3 Å². The molecule has 0 saturated heterocycles. The Hall–Kier alpha value is -1.39. The quantitative estimate of drug-likeness (QED) is 0.912. The molecule has 5 heteroatoms. The first-order valence-corrected chi connectivity index (χ1v) is 7.02. The van der Waals surface area contributed by atoms with Gasteiger partial charge in [-0.25, -0.2) is 0 Å². The van der Waals surface area contributed by atoms with Gasteiger partial charge in [-0.1, -0.05) is 28.9 Å². The minimum absolute atomic E-state index is 0.618. The molecule has 0 spiro atoms. The number of hydrogen-bond acceptors (Lipinski definition) is 3. The van der Waals surface area contributed by atoms with Crippen LogP contribution >= 0.6 is 11.6 Å². The fourth-order valence-electron chi connectivity index (χ4n) is 2.55. The molecule has 1 aliphatic carbocycles. The van der Waals surface area contributed by atoms with E-state index in [2.05, 4.69) is 27.8 Å². The summed E-state index contributed by atoms with van der Waals surface area (Å²) >= 11 is 6.02. The fraction of sp³-hybridized carbons (Fsp3) is 0.429. The number of rotatable bonds is 5. The number of halogens is 1. The van der Waals surface area contributed by atoms with Crippen molar-refractivity contribution in [1.82, 2.24) is 20.3 Å². The van der Waals surface area contributed by atoms with Crippen molar-refractivity contribution >= 4 is 11.6 Å². The van der Waals surface area contributed by atoms with Crippen LogP contribution in [0.4, 0.5) is 0 Å². The second kappa shape index (κ2) is 5.72. The van der Waals surface area contributed by atoms with E-state index < -0.39 is 0 Å². The van der Waals surface area contributed by atoms with E-state index in [0.717, 1.165) is 18.1 Å². The third-order valence-electron chi connectivity index (χ3n) is 3.70. The predicted octanol–water partition coefficient (Wildman–Crippen LogP) is 2.47. The zero-order valence-electron chi connectivity index (χ0n) is 10.7. The standard InChI is InChI=1S/C14H17ClN4/c15-13-3-1-2-11(8-13)12-9-14(10-12)16-4-6-19-7-5-17-18-19/h1-3,5,7-8,12,14,16H,4,6,9-10H2. The number of hydrogen-bond donors (Lipinski definition) is 1. The summed E-state index contributed by atoms with van der Waals surface area (Å²) in [7, 11) is 0. The highest BCUT2D eigenvalue weighted by Crippen LogP contribution is 2.37. The lowest BCUT2D eigenvalue weighted by atomic mass is 9.76. The number of nitrogens with one attached hydrogen (secondary N) is 1. The molecule has 2 aromatic rings. The molecule has 0 atom stereocenters. The van der Waals surface area contributed by atoms with Gasteiger partial charge in [0.2, 0.25) is 0 Å². The van der Waals surface area contributed by atoms with E-state index >= 15 is 0 Å². The van der Waals surface area contributed by atoms with Crippen molar-refractivity contribution in [2.24, 2.45) is 0 Å². The number of benzene rings is 1. The number of nitrogens with zero attached hydrogens (tertiary/aromatic N) is 3. The normalized spacial score (nSPS) is 22.2. The van der Waals surface area contributed by atoms with E-state index in [-0.39, 0.29) is 0 Å². The van der Waals surface area contributed by atoms with Crippen molar-refractivity contribution in [3.05, 3.63) is 47.2 Å². The van der Waals surface area contributed by atoms with Gasteiger partial charge in [0.1, 0.15) is 0 Å². The van der Waals surface area contributed by atoms with Crippen LogP contribution in [0.15, 0.2) is 36.7 Å². The van der Waals surface area contributed by atoms with Crippen LogP contribution in [-0.4, -0.2) is 27.6 Å². The molecule has 3 rings (SSSR count). The van der Waals surface area contributed by atoms with Crippen LogP contribution in [0.2, 0.25) is 5.02 Å². The molecule has 1 aromatic carbocycles. The van der Waals surface area contributed by atoms with Gasteiger partial charge in [-0.2, -0.15) is 0 Å². The molecule has 0 amide bonds. The average Bonchev–Trinajstić information content (AvgIpc) is 2.85. The summed E-state index contributed by atoms with van der Waals surface area (Å²) in [4.78, 5) is 0. The molecule has 1 heterocycles.